The van der Waals surface area contributed by atoms with Gasteiger partial charge in [0.25, 0.3) is 0 Å². The van der Waals surface area contributed by atoms with Crippen molar-refractivity contribution >= 4 is 11.6 Å². The first-order chi connectivity index (χ1) is 15.2. The van der Waals surface area contributed by atoms with Crippen molar-refractivity contribution in [2.24, 2.45) is 0 Å². The largest absolute Gasteiger partial charge is 0.0840 e. The molecule has 0 atom stereocenters. The predicted molar refractivity (Wildman–Crippen MR) is 143 cm³/mol. The number of unbranched alkanes of at least 4 members (excludes halogenated alkanes) is 15. The van der Waals surface area contributed by atoms with E-state index in [9.17, 15) is 0 Å². The van der Waals surface area contributed by atoms with E-state index in [2.05, 4.69) is 32.9 Å². The van der Waals surface area contributed by atoms with E-state index in [4.69, 9.17) is 11.6 Å². The van der Waals surface area contributed by atoms with Crippen LogP contribution in [0.3, 0.4) is 0 Å². The Kier molecular flexibility index (Phi) is 18.5. The minimum Gasteiger partial charge on any atom is -0.0840 e. The summed E-state index contributed by atoms with van der Waals surface area (Å²) in [6.07, 6.45) is 28.3. The van der Waals surface area contributed by atoms with E-state index in [1.54, 1.807) is 11.1 Å². The third-order valence-corrected chi connectivity index (χ3v) is 7.19. The van der Waals surface area contributed by atoms with Crippen molar-refractivity contribution in [2.75, 3.05) is 0 Å². The molecule has 0 fully saturated rings. The molecule has 0 radical (unpaired) electrons. The summed E-state index contributed by atoms with van der Waals surface area (Å²) in [5.74, 6) is 0. The molecule has 0 heterocycles. The summed E-state index contributed by atoms with van der Waals surface area (Å²) in [7, 11) is 0. The van der Waals surface area contributed by atoms with Crippen molar-refractivity contribution in [1.82, 2.24) is 0 Å². The Morgan fingerprint density at radius 2 is 0.839 bits per heavy atom. The zero-order valence-corrected chi connectivity index (χ0v) is 22.1. The van der Waals surface area contributed by atoms with Crippen molar-refractivity contribution in [3.8, 4) is 0 Å². The first kappa shape index (κ1) is 28.5. The van der Waals surface area contributed by atoms with E-state index in [-0.39, 0.29) is 0 Å². The molecule has 1 heteroatoms. The first-order valence-corrected chi connectivity index (χ1v) is 14.4. The molecule has 1 rings (SSSR count). The summed E-state index contributed by atoms with van der Waals surface area (Å²) in [5.41, 5.74) is 4.73. The molecule has 1 aromatic carbocycles. The molecule has 0 saturated heterocycles. The second-order valence-electron chi connectivity index (χ2n) is 9.72. The number of aryl methyl sites for hydroxylation is 1. The van der Waals surface area contributed by atoms with Crippen LogP contribution < -0.4 is 0 Å². The molecule has 180 valence electrons. The number of halogens is 1. The molecule has 0 amide bonds. The molecule has 1 aromatic rings. The molecule has 0 aliphatic heterocycles. The van der Waals surface area contributed by atoms with Gasteiger partial charge in [0.05, 0.1) is 0 Å². The van der Waals surface area contributed by atoms with Crippen molar-refractivity contribution in [1.29, 1.82) is 0 Å². The monoisotopic (exact) mass is 448 g/mol. The lowest BCUT2D eigenvalue weighted by Gasteiger charge is -2.17. The minimum absolute atomic E-state index is 1.03. The summed E-state index contributed by atoms with van der Waals surface area (Å²) in [6.45, 7) is 6.90. The Labute approximate surface area is 200 Å². The van der Waals surface area contributed by atoms with Crippen LogP contribution >= 0.6 is 11.6 Å². The number of benzene rings is 1. The third-order valence-electron chi connectivity index (χ3n) is 6.83. The van der Waals surface area contributed by atoms with Crippen molar-refractivity contribution in [3.63, 3.8) is 0 Å². The van der Waals surface area contributed by atoms with Crippen molar-refractivity contribution in [2.45, 2.75) is 156 Å². The molecule has 0 aliphatic rings. The highest BCUT2D eigenvalue weighted by Gasteiger charge is 2.12. The molecule has 0 bridgehead atoms. The lowest BCUT2D eigenvalue weighted by Crippen LogP contribution is -2.03. The Balaban J connectivity index is 2.67. The van der Waals surface area contributed by atoms with Crippen LogP contribution in [-0.4, -0.2) is 0 Å². The smallest absolute Gasteiger partial charge is 0.0440 e. The summed E-state index contributed by atoms with van der Waals surface area (Å²) >= 11 is 6.76. The minimum atomic E-state index is 1.03. The van der Waals surface area contributed by atoms with Gasteiger partial charge in [-0.25, -0.2) is 0 Å². The lowest BCUT2D eigenvalue weighted by atomic mass is 9.90. The number of hydrogen-bond donors (Lipinski definition) is 0. The van der Waals surface area contributed by atoms with Gasteiger partial charge in [0, 0.05) is 5.02 Å². The maximum atomic E-state index is 6.76. The third kappa shape index (κ3) is 13.6. The molecule has 0 aromatic heterocycles. The molecular formula is C30H53Cl. The summed E-state index contributed by atoms with van der Waals surface area (Å²) in [5, 5.41) is 1.03. The maximum Gasteiger partial charge on any atom is 0.0440 e. The quantitative estimate of drug-likeness (QED) is 0.164. The van der Waals surface area contributed by atoms with E-state index in [0.717, 1.165) is 5.02 Å². The fraction of sp³-hybridized carbons (Fsp3) is 0.800. The van der Waals surface area contributed by atoms with E-state index < -0.39 is 0 Å². The van der Waals surface area contributed by atoms with Gasteiger partial charge in [-0.05, 0) is 61.3 Å². The van der Waals surface area contributed by atoms with Crippen LogP contribution in [-0.2, 0) is 19.3 Å². The molecule has 0 N–H and O–H groups in total. The highest BCUT2D eigenvalue weighted by molar-refractivity contribution is 6.31. The van der Waals surface area contributed by atoms with Gasteiger partial charge in [-0.15, -0.1) is 0 Å². The number of hydrogen-bond acceptors (Lipinski definition) is 0. The van der Waals surface area contributed by atoms with Crippen LogP contribution in [0.15, 0.2) is 12.1 Å². The standard InChI is InChI=1S/C30H53Cl/c1-4-7-10-13-16-19-22-27-25-26-30(31)29(24-21-18-15-12-9-6-3)28(27)23-20-17-14-11-8-5-2/h25-26H,4-24H2,1-3H3. The van der Waals surface area contributed by atoms with Crippen LogP contribution in [0.5, 0.6) is 0 Å². The molecule has 0 saturated carbocycles. The summed E-state index contributed by atoms with van der Waals surface area (Å²) < 4.78 is 0. The van der Waals surface area contributed by atoms with Gasteiger partial charge in [0.15, 0.2) is 0 Å². The Morgan fingerprint density at radius 3 is 1.32 bits per heavy atom. The van der Waals surface area contributed by atoms with E-state index in [1.165, 1.54) is 140 Å². The normalized spacial score (nSPS) is 11.4. The molecule has 0 nitrogen and oxygen atoms in total. The van der Waals surface area contributed by atoms with Crippen molar-refractivity contribution in [3.05, 3.63) is 33.8 Å². The fourth-order valence-corrected chi connectivity index (χ4v) is 5.06. The highest BCUT2D eigenvalue weighted by Crippen LogP contribution is 2.29. The van der Waals surface area contributed by atoms with E-state index >= 15 is 0 Å². The second-order valence-corrected chi connectivity index (χ2v) is 10.1. The second kappa shape index (κ2) is 20.1. The first-order valence-electron chi connectivity index (χ1n) is 14.0. The van der Waals surface area contributed by atoms with Gasteiger partial charge in [0.1, 0.15) is 0 Å². The Hall–Kier alpha value is -0.490. The Morgan fingerprint density at radius 1 is 0.452 bits per heavy atom. The average molecular weight is 449 g/mol. The van der Waals surface area contributed by atoms with Gasteiger partial charge in [-0.2, -0.15) is 0 Å². The molecule has 0 unspecified atom stereocenters. The van der Waals surface area contributed by atoms with E-state index in [0.29, 0.717) is 0 Å². The molecule has 31 heavy (non-hydrogen) atoms. The molecular weight excluding hydrogens is 396 g/mol. The van der Waals surface area contributed by atoms with Crippen molar-refractivity contribution < 1.29 is 0 Å². The van der Waals surface area contributed by atoms with Crippen LogP contribution in [0.1, 0.15) is 153 Å². The van der Waals surface area contributed by atoms with Gasteiger partial charge in [-0.3, -0.25) is 0 Å². The van der Waals surface area contributed by atoms with Gasteiger partial charge in [0.2, 0.25) is 0 Å². The lowest BCUT2D eigenvalue weighted by molar-refractivity contribution is 0.593. The van der Waals surface area contributed by atoms with Gasteiger partial charge >= 0.3 is 0 Å². The maximum absolute atomic E-state index is 6.76. The van der Waals surface area contributed by atoms with E-state index in [1.807, 2.05) is 0 Å². The number of rotatable bonds is 21. The molecule has 0 aliphatic carbocycles. The fourth-order valence-electron chi connectivity index (χ4n) is 4.79. The zero-order valence-electron chi connectivity index (χ0n) is 21.4. The highest BCUT2D eigenvalue weighted by atomic mass is 35.5. The summed E-state index contributed by atoms with van der Waals surface area (Å²) in [4.78, 5) is 0. The van der Waals surface area contributed by atoms with Crippen LogP contribution in [0.25, 0.3) is 0 Å². The topological polar surface area (TPSA) is 0 Å². The van der Waals surface area contributed by atoms with Crippen LogP contribution in [0.4, 0.5) is 0 Å². The van der Waals surface area contributed by atoms with Gasteiger partial charge < -0.3 is 0 Å². The molecule has 0 spiro atoms. The summed E-state index contributed by atoms with van der Waals surface area (Å²) in [6, 6.07) is 4.55. The average Bonchev–Trinajstić information content (AvgIpc) is 2.77. The predicted octanol–water partition coefficient (Wildman–Crippen LogP) is 11.0. The van der Waals surface area contributed by atoms with Crippen LogP contribution in [0.2, 0.25) is 5.02 Å². The van der Waals surface area contributed by atoms with Crippen LogP contribution in [0, 0.1) is 0 Å². The van der Waals surface area contributed by atoms with Gasteiger partial charge in [-0.1, -0.05) is 135 Å². The Bertz CT molecular complexity index is 533. The zero-order chi connectivity index (χ0) is 22.6. The SMILES string of the molecule is CCCCCCCCc1ccc(Cl)c(CCCCCCCC)c1CCCCCCCC.